The number of thioether (sulfide) groups is 1. The van der Waals surface area contributed by atoms with Crippen LogP contribution in [0.2, 0.25) is 0 Å². The maximum Gasteiger partial charge on any atom is 0.285 e. The number of fused-ring (bicyclic) bond motifs is 1. The summed E-state index contributed by atoms with van der Waals surface area (Å²) >= 11 is 6.39. The fourth-order valence-corrected chi connectivity index (χ4v) is 3.74. The minimum absolute atomic E-state index is 0.269. The maximum absolute atomic E-state index is 12.7. The third kappa shape index (κ3) is 3.57. The van der Waals surface area contributed by atoms with Crippen LogP contribution < -0.4 is 5.43 Å². The van der Waals surface area contributed by atoms with Gasteiger partial charge in [0.1, 0.15) is 0 Å². The molecule has 1 aliphatic rings. The van der Waals surface area contributed by atoms with Crippen molar-refractivity contribution < 1.29 is 9.59 Å². The zero-order valence-electron chi connectivity index (χ0n) is 13.8. The monoisotopic (exact) mass is 392 g/mol. The Labute approximate surface area is 164 Å². The van der Waals surface area contributed by atoms with E-state index < -0.39 is 5.91 Å². The number of nitrogens with zero attached hydrogens (tertiary/aromatic N) is 3. The molecule has 1 aromatic carbocycles. The molecule has 132 valence electrons. The first-order valence-electron chi connectivity index (χ1n) is 7.95. The second-order valence-corrected chi connectivity index (χ2v) is 7.33. The number of carbonyl (C=O) groups excluding carboxylic acids is 2. The SMILES string of the molecule is O=C(NN1C(=O)/C(=C\c2ccc3ncccc3c2)SC1=S)c1cccnc1. The molecule has 2 aromatic heterocycles. The third-order valence-electron chi connectivity index (χ3n) is 3.86. The Morgan fingerprint density at radius 1 is 1.19 bits per heavy atom. The highest BCUT2D eigenvalue weighted by atomic mass is 32.2. The van der Waals surface area contributed by atoms with Gasteiger partial charge in [0.05, 0.1) is 16.0 Å². The number of aromatic nitrogens is 2. The minimum Gasteiger partial charge on any atom is -0.267 e. The molecule has 0 radical (unpaired) electrons. The first kappa shape index (κ1) is 17.3. The van der Waals surface area contributed by atoms with Gasteiger partial charge in [-0.05, 0) is 54.2 Å². The van der Waals surface area contributed by atoms with E-state index in [1.165, 1.54) is 6.20 Å². The molecular weight excluding hydrogens is 380 g/mol. The van der Waals surface area contributed by atoms with E-state index >= 15 is 0 Å². The number of nitrogens with one attached hydrogen (secondary N) is 1. The Kier molecular flexibility index (Phi) is 4.66. The Morgan fingerprint density at radius 3 is 2.85 bits per heavy atom. The van der Waals surface area contributed by atoms with Crippen LogP contribution in [-0.2, 0) is 4.79 Å². The number of pyridine rings is 2. The lowest BCUT2D eigenvalue weighted by Gasteiger charge is -2.15. The van der Waals surface area contributed by atoms with Crippen molar-refractivity contribution in [3.63, 3.8) is 0 Å². The predicted molar refractivity (Wildman–Crippen MR) is 108 cm³/mol. The Morgan fingerprint density at radius 2 is 2.04 bits per heavy atom. The van der Waals surface area contributed by atoms with Gasteiger partial charge < -0.3 is 0 Å². The molecule has 0 aliphatic carbocycles. The number of thiocarbonyl (C=S) groups is 1. The van der Waals surface area contributed by atoms with Gasteiger partial charge in [-0.25, -0.2) is 0 Å². The van der Waals surface area contributed by atoms with Crippen LogP contribution >= 0.6 is 24.0 Å². The second kappa shape index (κ2) is 7.26. The summed E-state index contributed by atoms with van der Waals surface area (Å²) in [6.07, 6.45) is 6.48. The van der Waals surface area contributed by atoms with E-state index in [4.69, 9.17) is 12.2 Å². The predicted octanol–water partition coefficient (Wildman–Crippen LogP) is 3.18. The molecule has 0 saturated carbocycles. The molecule has 1 fully saturated rings. The molecular formula is C19H12N4O2S2. The molecule has 0 spiro atoms. The van der Waals surface area contributed by atoms with Crippen LogP contribution in [0.15, 0.2) is 66.0 Å². The Hall–Kier alpha value is -3.10. The summed E-state index contributed by atoms with van der Waals surface area (Å²) in [5, 5.41) is 2.07. The fourth-order valence-electron chi connectivity index (χ4n) is 2.56. The molecule has 0 atom stereocenters. The van der Waals surface area contributed by atoms with E-state index in [9.17, 15) is 9.59 Å². The van der Waals surface area contributed by atoms with Gasteiger partial charge in [-0.1, -0.05) is 23.9 Å². The van der Waals surface area contributed by atoms with Crippen molar-refractivity contribution in [3.8, 4) is 0 Å². The van der Waals surface area contributed by atoms with Gasteiger partial charge in [0.2, 0.25) is 0 Å². The average molecular weight is 392 g/mol. The molecule has 3 aromatic rings. The normalized spacial score (nSPS) is 15.6. The number of hydrogen-bond acceptors (Lipinski definition) is 6. The molecule has 6 nitrogen and oxygen atoms in total. The van der Waals surface area contributed by atoms with Gasteiger partial charge in [0.25, 0.3) is 11.8 Å². The van der Waals surface area contributed by atoms with Crippen LogP contribution in [0, 0.1) is 0 Å². The van der Waals surface area contributed by atoms with E-state index in [1.54, 1.807) is 30.6 Å². The quantitative estimate of drug-likeness (QED) is 0.545. The lowest BCUT2D eigenvalue weighted by Crippen LogP contribution is -2.44. The summed E-state index contributed by atoms with van der Waals surface area (Å²) in [5.74, 6) is -0.814. The summed E-state index contributed by atoms with van der Waals surface area (Å²) in [4.78, 5) is 33.5. The highest BCUT2D eigenvalue weighted by Crippen LogP contribution is 2.31. The van der Waals surface area contributed by atoms with Crippen LogP contribution in [0.1, 0.15) is 15.9 Å². The summed E-state index contributed by atoms with van der Waals surface area (Å²) in [7, 11) is 0. The number of hydrogen-bond donors (Lipinski definition) is 1. The summed E-state index contributed by atoms with van der Waals surface area (Å²) < 4.78 is 0.269. The molecule has 2 amide bonds. The maximum atomic E-state index is 12.7. The fraction of sp³-hybridized carbons (Fsp3) is 0. The van der Waals surface area contributed by atoms with Crippen LogP contribution in [-0.4, -0.2) is 31.1 Å². The number of hydrazine groups is 1. The van der Waals surface area contributed by atoms with Crippen LogP contribution in [0.5, 0.6) is 0 Å². The van der Waals surface area contributed by atoms with E-state index in [2.05, 4.69) is 15.4 Å². The van der Waals surface area contributed by atoms with E-state index in [-0.39, 0.29) is 10.2 Å². The van der Waals surface area contributed by atoms with Crippen molar-refractivity contribution >= 4 is 57.1 Å². The standard InChI is InChI=1S/C19H12N4O2S2/c24-17(14-4-1-7-20-11-14)22-23-18(25)16(27-19(23)26)10-12-5-6-15-13(9-12)3-2-8-21-15/h1-11H,(H,22,24)/b16-10+. The summed E-state index contributed by atoms with van der Waals surface area (Å²) in [6, 6.07) is 12.8. The van der Waals surface area contributed by atoms with Crippen molar-refractivity contribution in [2.75, 3.05) is 0 Å². The molecule has 1 saturated heterocycles. The highest BCUT2D eigenvalue weighted by Gasteiger charge is 2.33. The molecule has 3 heterocycles. The number of rotatable bonds is 3. The van der Waals surface area contributed by atoms with E-state index in [0.717, 1.165) is 33.2 Å². The topological polar surface area (TPSA) is 75.2 Å². The Bertz CT molecular complexity index is 1100. The molecule has 0 unspecified atom stereocenters. The first-order chi connectivity index (χ1) is 13.1. The highest BCUT2D eigenvalue weighted by molar-refractivity contribution is 8.26. The molecule has 8 heteroatoms. The largest absolute Gasteiger partial charge is 0.285 e. The third-order valence-corrected chi connectivity index (χ3v) is 5.16. The second-order valence-electron chi connectivity index (χ2n) is 5.66. The number of amides is 2. The molecule has 1 aliphatic heterocycles. The number of carbonyl (C=O) groups is 2. The van der Waals surface area contributed by atoms with Crippen molar-refractivity contribution in [1.29, 1.82) is 0 Å². The van der Waals surface area contributed by atoms with Gasteiger partial charge in [-0.3, -0.25) is 25.0 Å². The summed E-state index contributed by atoms with van der Waals surface area (Å²) in [6.45, 7) is 0. The zero-order chi connectivity index (χ0) is 18.8. The molecule has 27 heavy (non-hydrogen) atoms. The van der Waals surface area contributed by atoms with Gasteiger partial charge in [0, 0.05) is 24.0 Å². The van der Waals surface area contributed by atoms with Gasteiger partial charge >= 0.3 is 0 Å². The van der Waals surface area contributed by atoms with E-state index in [0.29, 0.717) is 10.5 Å². The van der Waals surface area contributed by atoms with Crippen molar-refractivity contribution in [3.05, 3.63) is 77.1 Å². The van der Waals surface area contributed by atoms with Crippen LogP contribution in [0.3, 0.4) is 0 Å². The average Bonchev–Trinajstić information content (AvgIpc) is 2.96. The van der Waals surface area contributed by atoms with Gasteiger partial charge in [0.15, 0.2) is 4.32 Å². The van der Waals surface area contributed by atoms with Crippen LogP contribution in [0.4, 0.5) is 0 Å². The Balaban J connectivity index is 1.56. The first-order valence-corrected chi connectivity index (χ1v) is 9.18. The smallest absolute Gasteiger partial charge is 0.267 e. The van der Waals surface area contributed by atoms with Gasteiger partial charge in [-0.2, -0.15) is 5.01 Å². The molecule has 1 N–H and O–H groups in total. The van der Waals surface area contributed by atoms with E-state index in [1.807, 2.05) is 30.3 Å². The lowest BCUT2D eigenvalue weighted by atomic mass is 10.1. The van der Waals surface area contributed by atoms with Crippen molar-refractivity contribution in [2.24, 2.45) is 0 Å². The number of benzene rings is 1. The van der Waals surface area contributed by atoms with Crippen molar-refractivity contribution in [2.45, 2.75) is 0 Å². The van der Waals surface area contributed by atoms with Gasteiger partial charge in [-0.15, -0.1) is 0 Å². The summed E-state index contributed by atoms with van der Waals surface area (Å²) in [5.41, 5.74) is 4.61. The molecule has 0 bridgehead atoms. The van der Waals surface area contributed by atoms with Crippen LogP contribution in [0.25, 0.3) is 17.0 Å². The zero-order valence-corrected chi connectivity index (χ0v) is 15.5. The molecule has 4 rings (SSSR count). The van der Waals surface area contributed by atoms with Crippen molar-refractivity contribution in [1.82, 2.24) is 20.4 Å². The minimum atomic E-state index is -0.447. The lowest BCUT2D eigenvalue weighted by molar-refractivity contribution is -0.123.